The molecule has 0 atom stereocenters. The summed E-state index contributed by atoms with van der Waals surface area (Å²) in [7, 11) is -2.24. The summed E-state index contributed by atoms with van der Waals surface area (Å²) < 4.78 is 29.5. The average Bonchev–Trinajstić information content (AvgIpc) is 3.39. The van der Waals surface area contributed by atoms with Gasteiger partial charge in [-0.05, 0) is 55.7 Å². The van der Waals surface area contributed by atoms with Crippen LogP contribution in [0, 0.1) is 11.3 Å². The highest BCUT2D eigenvalue weighted by atomic mass is 32.2. The van der Waals surface area contributed by atoms with Gasteiger partial charge in [0.25, 0.3) is 11.8 Å². The molecule has 0 bridgehead atoms. The summed E-state index contributed by atoms with van der Waals surface area (Å²) in [5, 5.41) is 14.3. The van der Waals surface area contributed by atoms with Gasteiger partial charge in [-0.1, -0.05) is 36.8 Å². The first-order valence-electron chi connectivity index (χ1n) is 12.6. The quantitative estimate of drug-likeness (QED) is 0.357. The molecular weight excluding hydrogens is 514 g/mol. The third kappa shape index (κ3) is 4.82. The van der Waals surface area contributed by atoms with E-state index >= 15 is 0 Å². The number of aromatic nitrogens is 2. The molecule has 0 saturated carbocycles. The number of hydrogen-bond acceptors (Lipinski definition) is 6. The van der Waals surface area contributed by atoms with E-state index in [2.05, 4.69) is 0 Å². The Morgan fingerprint density at radius 2 is 1.62 bits per heavy atom. The normalized spacial score (nSPS) is 18.1. The lowest BCUT2D eigenvalue weighted by molar-refractivity contribution is -0.138. The minimum absolute atomic E-state index is 0.0902. The molecule has 3 aromatic rings. The molecule has 10 heteroatoms. The van der Waals surface area contributed by atoms with Crippen molar-refractivity contribution in [2.24, 2.45) is 0 Å². The van der Waals surface area contributed by atoms with E-state index in [9.17, 15) is 23.3 Å². The molecule has 1 saturated heterocycles. The number of sulfonamides is 1. The fraction of sp³-hybridized carbons (Fsp3) is 0.241. The molecule has 39 heavy (non-hydrogen) atoms. The van der Waals surface area contributed by atoms with E-state index in [-0.39, 0.29) is 16.0 Å². The highest BCUT2D eigenvalue weighted by molar-refractivity contribution is 7.89. The Labute approximate surface area is 227 Å². The summed E-state index contributed by atoms with van der Waals surface area (Å²) in [6.45, 7) is 2.62. The van der Waals surface area contributed by atoms with Crippen LogP contribution in [0.1, 0.15) is 31.7 Å². The molecule has 5 rings (SSSR count). The van der Waals surface area contributed by atoms with Crippen LogP contribution < -0.4 is 0 Å². The molecule has 0 N–H and O–H groups in total. The van der Waals surface area contributed by atoms with E-state index in [4.69, 9.17) is 5.10 Å². The molecule has 0 aliphatic carbocycles. The van der Waals surface area contributed by atoms with E-state index < -0.39 is 21.8 Å². The standard InChI is InChI=1S/C29H27N5O4S/c1-20-25(28(35)32(2)29(36)26(20)18-30)17-22-19-34(23-9-5-3-6-10-23)31-27(22)21-11-13-24(14-12-21)39(37,38)33-15-7-4-8-16-33/h3,5-6,9-14,17,19H,4,7-8,15-16H2,1-2H3/b25-17+. The number of para-hydroxylation sites is 1. The molecule has 198 valence electrons. The zero-order valence-corrected chi connectivity index (χ0v) is 22.5. The molecule has 1 fully saturated rings. The number of hydrogen-bond donors (Lipinski definition) is 0. The Morgan fingerprint density at radius 3 is 2.26 bits per heavy atom. The van der Waals surface area contributed by atoms with Gasteiger partial charge in [-0.15, -0.1) is 0 Å². The van der Waals surface area contributed by atoms with Gasteiger partial charge in [-0.2, -0.15) is 14.7 Å². The maximum Gasteiger partial charge on any atom is 0.271 e. The Balaban J connectivity index is 1.61. The first-order chi connectivity index (χ1) is 18.7. The molecular formula is C29H27N5O4S. The van der Waals surface area contributed by atoms with Crippen LogP contribution in [0.25, 0.3) is 23.0 Å². The second-order valence-electron chi connectivity index (χ2n) is 9.54. The molecule has 2 aliphatic rings. The van der Waals surface area contributed by atoms with Crippen LogP contribution in [0.4, 0.5) is 0 Å². The molecule has 9 nitrogen and oxygen atoms in total. The molecule has 3 heterocycles. The average molecular weight is 542 g/mol. The molecule has 0 spiro atoms. The van der Waals surface area contributed by atoms with Gasteiger partial charge in [0.15, 0.2) is 0 Å². The van der Waals surface area contributed by atoms with Gasteiger partial charge in [0.2, 0.25) is 10.0 Å². The van der Waals surface area contributed by atoms with Crippen molar-refractivity contribution < 1.29 is 18.0 Å². The summed E-state index contributed by atoms with van der Waals surface area (Å²) in [5.74, 6) is -1.15. The Morgan fingerprint density at radius 1 is 0.949 bits per heavy atom. The first kappa shape index (κ1) is 26.3. The minimum Gasteiger partial charge on any atom is -0.277 e. The van der Waals surface area contributed by atoms with E-state index in [1.165, 1.54) is 11.4 Å². The zero-order valence-electron chi connectivity index (χ0n) is 21.7. The Bertz CT molecular complexity index is 1660. The van der Waals surface area contributed by atoms with Crippen molar-refractivity contribution in [3.8, 4) is 23.0 Å². The second-order valence-corrected chi connectivity index (χ2v) is 11.5. The van der Waals surface area contributed by atoms with Gasteiger partial charge in [0.1, 0.15) is 11.6 Å². The van der Waals surface area contributed by atoms with Crippen molar-refractivity contribution >= 4 is 27.9 Å². The largest absolute Gasteiger partial charge is 0.277 e. The summed E-state index contributed by atoms with van der Waals surface area (Å²) in [6, 6.07) is 17.9. The zero-order chi connectivity index (χ0) is 27.7. The SMILES string of the molecule is CC1=C(C#N)C(=O)N(C)C(=O)/C1=C/c1cn(-c2ccccc2)nc1-c1ccc(S(=O)(=O)N2CCCCC2)cc1. The van der Waals surface area contributed by atoms with Crippen LogP contribution in [0.2, 0.25) is 0 Å². The van der Waals surface area contributed by atoms with Gasteiger partial charge in [-0.3, -0.25) is 14.5 Å². The molecule has 0 unspecified atom stereocenters. The maximum absolute atomic E-state index is 13.1. The number of imide groups is 1. The fourth-order valence-electron chi connectivity index (χ4n) is 4.82. The number of nitriles is 1. The van der Waals surface area contributed by atoms with E-state index in [0.717, 1.165) is 29.8 Å². The van der Waals surface area contributed by atoms with E-state index in [0.29, 0.717) is 35.5 Å². The third-order valence-corrected chi connectivity index (χ3v) is 9.00. The predicted molar refractivity (Wildman–Crippen MR) is 146 cm³/mol. The number of piperidine rings is 1. The fourth-order valence-corrected chi connectivity index (χ4v) is 6.34. The van der Waals surface area contributed by atoms with Crippen LogP contribution in [0.5, 0.6) is 0 Å². The Hall–Kier alpha value is -4.33. The highest BCUT2D eigenvalue weighted by Crippen LogP contribution is 2.31. The number of nitrogens with zero attached hydrogens (tertiary/aromatic N) is 5. The molecule has 0 radical (unpaired) electrons. The monoisotopic (exact) mass is 541 g/mol. The number of benzene rings is 2. The summed E-state index contributed by atoms with van der Waals surface area (Å²) in [6.07, 6.45) is 6.13. The highest BCUT2D eigenvalue weighted by Gasteiger charge is 2.33. The smallest absolute Gasteiger partial charge is 0.271 e. The number of carbonyl (C=O) groups is 2. The van der Waals surface area contributed by atoms with Gasteiger partial charge >= 0.3 is 0 Å². The molecule has 2 amide bonds. The summed E-state index contributed by atoms with van der Waals surface area (Å²) in [5.41, 5.74) is 2.97. The molecule has 1 aromatic heterocycles. The van der Waals surface area contributed by atoms with Crippen molar-refractivity contribution in [3.05, 3.63) is 83.1 Å². The van der Waals surface area contributed by atoms with E-state index in [1.54, 1.807) is 48.1 Å². The van der Waals surface area contributed by atoms with Crippen molar-refractivity contribution in [3.63, 3.8) is 0 Å². The number of amides is 2. The number of likely N-dealkylation sites (N-methyl/N-ethyl adjacent to an activating group) is 1. The van der Waals surface area contributed by atoms with Gasteiger partial charge in [0, 0.05) is 43.0 Å². The predicted octanol–water partition coefficient (Wildman–Crippen LogP) is 3.94. The number of carbonyl (C=O) groups excluding carboxylic acids is 2. The lowest BCUT2D eigenvalue weighted by atomic mass is 9.93. The first-order valence-corrected chi connectivity index (χ1v) is 14.1. The van der Waals surface area contributed by atoms with Gasteiger partial charge < -0.3 is 0 Å². The van der Waals surface area contributed by atoms with Crippen LogP contribution in [0.3, 0.4) is 0 Å². The van der Waals surface area contributed by atoms with Gasteiger partial charge in [-0.25, -0.2) is 13.1 Å². The van der Waals surface area contributed by atoms with Crippen LogP contribution in [0.15, 0.2) is 82.4 Å². The van der Waals surface area contributed by atoms with Crippen molar-refractivity contribution in [1.82, 2.24) is 19.0 Å². The van der Waals surface area contributed by atoms with Crippen LogP contribution in [-0.2, 0) is 19.6 Å². The summed E-state index contributed by atoms with van der Waals surface area (Å²) in [4.78, 5) is 26.6. The Kier molecular flexibility index (Phi) is 7.04. The summed E-state index contributed by atoms with van der Waals surface area (Å²) >= 11 is 0. The lowest BCUT2D eigenvalue weighted by Gasteiger charge is -2.25. The minimum atomic E-state index is -3.59. The van der Waals surface area contributed by atoms with Crippen molar-refractivity contribution in [2.45, 2.75) is 31.1 Å². The van der Waals surface area contributed by atoms with Crippen LogP contribution >= 0.6 is 0 Å². The maximum atomic E-state index is 13.1. The van der Waals surface area contributed by atoms with Gasteiger partial charge in [0.05, 0.1) is 16.3 Å². The second kappa shape index (κ2) is 10.4. The molecule has 2 aromatic carbocycles. The van der Waals surface area contributed by atoms with Crippen molar-refractivity contribution in [1.29, 1.82) is 5.26 Å². The third-order valence-electron chi connectivity index (χ3n) is 7.09. The molecule has 2 aliphatic heterocycles. The number of rotatable bonds is 5. The van der Waals surface area contributed by atoms with Crippen LogP contribution in [-0.4, -0.2) is 59.4 Å². The van der Waals surface area contributed by atoms with Crippen molar-refractivity contribution in [2.75, 3.05) is 20.1 Å². The topological polar surface area (TPSA) is 116 Å². The lowest BCUT2D eigenvalue weighted by Crippen LogP contribution is -2.39. The van der Waals surface area contributed by atoms with E-state index in [1.807, 2.05) is 36.4 Å².